The average molecular weight is 352 g/mol. The summed E-state index contributed by atoms with van der Waals surface area (Å²) in [6.07, 6.45) is 0.255. The van der Waals surface area contributed by atoms with Gasteiger partial charge in [0.05, 0.1) is 11.8 Å². The fraction of sp³-hybridized carbons (Fsp3) is 0.316. The molecule has 2 aromatic rings. The predicted octanol–water partition coefficient (Wildman–Crippen LogP) is 5.73. The lowest BCUT2D eigenvalue weighted by molar-refractivity contribution is 0.132. The van der Waals surface area contributed by atoms with Crippen LogP contribution in [0.4, 0.5) is 17.3 Å². The molecule has 1 saturated carbocycles. The van der Waals surface area contributed by atoms with E-state index in [2.05, 4.69) is 69.3 Å². The molecule has 0 radical (unpaired) electrons. The zero-order valence-corrected chi connectivity index (χ0v) is 14.5. The maximum atomic E-state index is 9.75. The van der Waals surface area contributed by atoms with E-state index in [1.807, 2.05) is 0 Å². The van der Waals surface area contributed by atoms with E-state index in [9.17, 15) is 17.3 Å². The van der Waals surface area contributed by atoms with Gasteiger partial charge in [0.2, 0.25) is 0 Å². The molecule has 0 aromatic heterocycles. The number of hydrogen-bond acceptors (Lipinski definition) is 1. The van der Waals surface area contributed by atoms with Crippen molar-refractivity contribution in [3.8, 4) is 0 Å². The van der Waals surface area contributed by atoms with Crippen molar-refractivity contribution >= 4 is 7.25 Å². The van der Waals surface area contributed by atoms with Crippen LogP contribution in [0.3, 0.4) is 0 Å². The summed E-state index contributed by atoms with van der Waals surface area (Å²) in [7, 11) is -6.00. The Morgan fingerprint density at radius 3 is 1.76 bits per heavy atom. The summed E-state index contributed by atoms with van der Waals surface area (Å²) in [5.41, 5.74) is 5.29. The topological polar surface area (TPSA) is 9.23 Å². The number of benzene rings is 2. The molecule has 25 heavy (non-hydrogen) atoms. The summed E-state index contributed by atoms with van der Waals surface area (Å²) < 4.78 is 44.9. The van der Waals surface area contributed by atoms with Gasteiger partial charge in [-0.2, -0.15) is 0 Å². The molecule has 0 heterocycles. The van der Waals surface area contributed by atoms with E-state index in [4.69, 9.17) is 4.74 Å². The van der Waals surface area contributed by atoms with E-state index in [0.29, 0.717) is 5.92 Å². The molecule has 3 rings (SSSR count). The van der Waals surface area contributed by atoms with Gasteiger partial charge in [-0.15, -0.1) is 0 Å². The molecule has 2 atom stereocenters. The minimum Gasteiger partial charge on any atom is -0.418 e. The second-order valence-corrected chi connectivity index (χ2v) is 6.08. The normalized spacial score (nSPS) is 19.2. The average Bonchev–Trinajstić information content (AvgIpc) is 3.21. The van der Waals surface area contributed by atoms with Crippen molar-refractivity contribution in [1.29, 1.82) is 0 Å². The Balaban J connectivity index is 0.000000399. The third-order valence-electron chi connectivity index (χ3n) is 4.00. The van der Waals surface area contributed by atoms with Gasteiger partial charge in [0.15, 0.2) is 0 Å². The molecular formula is C19H21BF4O. The SMILES string of the molecule is CCOC1[C+](c2ccc(C)cc2)C1c1ccc(C)cc1.F[B-](F)(F)F. The number of ether oxygens (including phenoxy) is 1. The van der Waals surface area contributed by atoms with Crippen LogP contribution in [0.2, 0.25) is 0 Å². The van der Waals surface area contributed by atoms with Crippen molar-refractivity contribution < 1.29 is 22.0 Å². The number of hydrogen-bond donors (Lipinski definition) is 0. The summed E-state index contributed by atoms with van der Waals surface area (Å²) in [5.74, 6) is 1.86. The van der Waals surface area contributed by atoms with Crippen molar-refractivity contribution in [2.45, 2.75) is 32.8 Å². The summed E-state index contributed by atoms with van der Waals surface area (Å²) in [5, 5.41) is 0. The Bertz CT molecular complexity index is 610. The van der Waals surface area contributed by atoms with E-state index < -0.39 is 7.25 Å². The van der Waals surface area contributed by atoms with Crippen molar-refractivity contribution in [1.82, 2.24) is 0 Å². The van der Waals surface area contributed by atoms with Gasteiger partial charge in [0.1, 0.15) is 11.7 Å². The van der Waals surface area contributed by atoms with Crippen LogP contribution in [-0.2, 0) is 4.74 Å². The van der Waals surface area contributed by atoms with Gasteiger partial charge < -0.3 is 22.0 Å². The maximum absolute atomic E-state index is 9.75. The summed E-state index contributed by atoms with van der Waals surface area (Å²) >= 11 is 0. The zero-order valence-electron chi connectivity index (χ0n) is 14.5. The monoisotopic (exact) mass is 352 g/mol. The number of halogens is 4. The highest BCUT2D eigenvalue weighted by Crippen LogP contribution is 2.55. The predicted molar refractivity (Wildman–Crippen MR) is 93.0 cm³/mol. The summed E-state index contributed by atoms with van der Waals surface area (Å²) in [6, 6.07) is 17.6. The Hall–Kier alpha value is -1.95. The van der Waals surface area contributed by atoms with Crippen molar-refractivity contribution in [2.24, 2.45) is 0 Å². The molecule has 1 fully saturated rings. The fourth-order valence-electron chi connectivity index (χ4n) is 2.82. The van der Waals surface area contributed by atoms with Gasteiger partial charge in [-0.3, -0.25) is 0 Å². The molecule has 1 aliphatic rings. The van der Waals surface area contributed by atoms with Crippen LogP contribution in [0.25, 0.3) is 0 Å². The lowest BCUT2D eigenvalue weighted by Gasteiger charge is -1.98. The molecule has 2 unspecified atom stereocenters. The standard InChI is InChI=1S/C19H21O.BF4/c1-4-20-19-17(15-9-5-13(2)6-10-15)18(19)16-11-7-14(3)8-12-16;2-1(3,4)5/h5-12,17,19H,4H2,1-3H3;/q+1;-1. The van der Waals surface area contributed by atoms with Crippen LogP contribution in [0.15, 0.2) is 48.5 Å². The van der Waals surface area contributed by atoms with Gasteiger partial charge in [0.25, 0.3) is 0 Å². The first-order chi connectivity index (χ1) is 11.7. The highest BCUT2D eigenvalue weighted by molar-refractivity contribution is 6.50. The Kier molecular flexibility index (Phi) is 6.17. The van der Waals surface area contributed by atoms with E-state index in [1.54, 1.807) is 0 Å². The van der Waals surface area contributed by atoms with Crippen LogP contribution >= 0.6 is 0 Å². The molecule has 0 bridgehead atoms. The third-order valence-corrected chi connectivity index (χ3v) is 4.00. The molecule has 134 valence electrons. The first-order valence-corrected chi connectivity index (χ1v) is 8.20. The molecule has 0 saturated heterocycles. The van der Waals surface area contributed by atoms with E-state index in [1.165, 1.54) is 28.2 Å². The van der Waals surface area contributed by atoms with Crippen LogP contribution in [0.1, 0.15) is 35.1 Å². The van der Waals surface area contributed by atoms with Gasteiger partial charge in [-0.05, 0) is 44.0 Å². The van der Waals surface area contributed by atoms with Gasteiger partial charge in [0, 0.05) is 18.7 Å². The molecule has 0 N–H and O–H groups in total. The molecule has 0 aliphatic heterocycles. The minimum atomic E-state index is -6.00. The second kappa shape index (κ2) is 7.96. The van der Waals surface area contributed by atoms with Crippen molar-refractivity contribution in [3.63, 3.8) is 0 Å². The fourth-order valence-corrected chi connectivity index (χ4v) is 2.82. The number of rotatable bonds is 4. The van der Waals surface area contributed by atoms with Crippen LogP contribution in [0, 0.1) is 19.8 Å². The van der Waals surface area contributed by atoms with Crippen LogP contribution < -0.4 is 0 Å². The van der Waals surface area contributed by atoms with Crippen molar-refractivity contribution in [3.05, 3.63) is 76.7 Å². The first kappa shape index (κ1) is 19.4. The Morgan fingerprint density at radius 1 is 0.880 bits per heavy atom. The van der Waals surface area contributed by atoms with Gasteiger partial charge in [-0.1, -0.05) is 29.8 Å². The van der Waals surface area contributed by atoms with Gasteiger partial charge >= 0.3 is 7.25 Å². The van der Waals surface area contributed by atoms with Crippen molar-refractivity contribution in [2.75, 3.05) is 6.61 Å². The first-order valence-electron chi connectivity index (χ1n) is 8.20. The lowest BCUT2D eigenvalue weighted by atomic mass is 10.0. The third kappa shape index (κ3) is 5.82. The zero-order chi connectivity index (χ0) is 18.6. The molecule has 0 amide bonds. The molecule has 1 aliphatic carbocycles. The smallest absolute Gasteiger partial charge is 0.418 e. The van der Waals surface area contributed by atoms with Gasteiger partial charge in [-0.25, -0.2) is 0 Å². The molecule has 0 spiro atoms. The lowest BCUT2D eigenvalue weighted by Crippen LogP contribution is -2.02. The summed E-state index contributed by atoms with van der Waals surface area (Å²) in [4.78, 5) is 0. The largest absolute Gasteiger partial charge is 0.673 e. The maximum Gasteiger partial charge on any atom is 0.673 e. The highest BCUT2D eigenvalue weighted by Gasteiger charge is 2.59. The molecule has 6 heteroatoms. The Morgan fingerprint density at radius 2 is 1.32 bits per heavy atom. The second-order valence-electron chi connectivity index (χ2n) is 6.08. The highest BCUT2D eigenvalue weighted by atomic mass is 19.5. The van der Waals surface area contributed by atoms with Crippen LogP contribution in [0.5, 0.6) is 0 Å². The molecule has 2 aromatic carbocycles. The van der Waals surface area contributed by atoms with E-state index in [-0.39, 0.29) is 6.10 Å². The molecule has 1 nitrogen and oxygen atoms in total. The minimum absolute atomic E-state index is 0.255. The van der Waals surface area contributed by atoms with Crippen LogP contribution in [-0.4, -0.2) is 20.0 Å². The van der Waals surface area contributed by atoms with E-state index >= 15 is 0 Å². The Labute approximate surface area is 146 Å². The quantitative estimate of drug-likeness (QED) is 0.388. The summed E-state index contributed by atoms with van der Waals surface area (Å²) in [6.45, 7) is 7.08. The molecular weight excluding hydrogens is 331 g/mol. The number of aryl methyl sites for hydroxylation is 2. The van der Waals surface area contributed by atoms with E-state index in [0.717, 1.165) is 6.61 Å².